The molecule has 11 unspecified atom stereocenters. The summed E-state index contributed by atoms with van der Waals surface area (Å²) >= 11 is 0. The van der Waals surface area contributed by atoms with Crippen LogP contribution >= 0.6 is 0 Å². The molecule has 0 spiro atoms. The van der Waals surface area contributed by atoms with Crippen LogP contribution in [0.25, 0.3) is 0 Å². The van der Waals surface area contributed by atoms with Crippen molar-refractivity contribution in [2.45, 2.75) is 100 Å². The van der Waals surface area contributed by atoms with Gasteiger partial charge in [0.15, 0.2) is 18.3 Å². The minimum atomic E-state index is -5.83. The van der Waals surface area contributed by atoms with Crippen molar-refractivity contribution in [2.75, 3.05) is 0 Å². The average molecular weight is 607 g/mol. The number of carbonyl (C=O) groups excluding carboxylic acids is 4. The molecule has 15 heteroatoms. The summed E-state index contributed by atoms with van der Waals surface area (Å²) in [5.41, 5.74) is -0.659. The topological polar surface area (TPSA) is 169 Å². The zero-order valence-electron chi connectivity index (χ0n) is 22.4. The van der Waals surface area contributed by atoms with Gasteiger partial charge in [-0.2, -0.15) is 17.2 Å². The van der Waals surface area contributed by atoms with Gasteiger partial charge >= 0.3 is 39.2 Å². The lowest BCUT2D eigenvalue weighted by atomic mass is 9.78. The van der Waals surface area contributed by atoms with Crippen LogP contribution in [0.2, 0.25) is 0 Å². The minimum absolute atomic E-state index is 0.534. The molecule has 3 saturated carbocycles. The molecule has 0 amide bonds. The zero-order valence-corrected chi connectivity index (χ0v) is 23.2. The van der Waals surface area contributed by atoms with Crippen molar-refractivity contribution < 1.29 is 64.6 Å². The van der Waals surface area contributed by atoms with Crippen LogP contribution in [0.4, 0.5) is 8.78 Å². The van der Waals surface area contributed by atoms with Gasteiger partial charge in [-0.1, -0.05) is 0 Å². The predicted molar refractivity (Wildman–Crippen MR) is 128 cm³/mol. The molecule has 6 fully saturated rings. The van der Waals surface area contributed by atoms with E-state index < -0.39 is 100 Å². The first-order valence-electron chi connectivity index (χ1n) is 13.9. The summed E-state index contributed by atoms with van der Waals surface area (Å²) in [5, 5.41) is -4.75. The van der Waals surface area contributed by atoms with Crippen molar-refractivity contribution in [1.29, 1.82) is 0 Å². The maximum absolute atomic E-state index is 13.6. The second-order valence-electron chi connectivity index (χ2n) is 12.6. The Balaban J connectivity index is 1.06. The van der Waals surface area contributed by atoms with E-state index in [1.165, 1.54) is 19.3 Å². The Morgan fingerprint density at radius 1 is 1.07 bits per heavy atom. The Morgan fingerprint density at radius 3 is 2.29 bits per heavy atom. The largest absolute Gasteiger partial charge is 0.459 e. The fraction of sp³-hybridized carbons (Fsp3) is 0.846. The SMILES string of the molecule is CC(OC(=O)CCC(=O)OC1C2OC(=O)C3C2OC1C3C(=O)OC1(C)CC2C3CCC(C3)C2C1)C(F)(F)S(=O)(=O)O. The fourth-order valence-electron chi connectivity index (χ4n) is 8.33. The Morgan fingerprint density at radius 2 is 1.68 bits per heavy atom. The maximum Gasteiger partial charge on any atom is 0.405 e. The monoisotopic (exact) mass is 606 g/mol. The van der Waals surface area contributed by atoms with Crippen molar-refractivity contribution in [3.63, 3.8) is 0 Å². The number of carbonyl (C=O) groups is 4. The van der Waals surface area contributed by atoms with Gasteiger partial charge in [0.2, 0.25) is 0 Å². The van der Waals surface area contributed by atoms with Crippen LogP contribution in [0.15, 0.2) is 0 Å². The second-order valence-corrected chi connectivity index (χ2v) is 14.1. The normalized spacial score (nSPS) is 42.6. The summed E-state index contributed by atoms with van der Waals surface area (Å²) in [6.07, 6.45) is -2.57. The van der Waals surface area contributed by atoms with Gasteiger partial charge in [0.25, 0.3) is 0 Å². The van der Waals surface area contributed by atoms with Crippen molar-refractivity contribution >= 4 is 34.0 Å². The van der Waals surface area contributed by atoms with Crippen LogP contribution < -0.4 is 0 Å². The molecule has 3 saturated heterocycles. The molecular weight excluding hydrogens is 574 g/mol. The van der Waals surface area contributed by atoms with Crippen molar-refractivity contribution in [3.8, 4) is 0 Å². The third kappa shape index (κ3) is 4.62. The summed E-state index contributed by atoms with van der Waals surface area (Å²) in [7, 11) is -5.83. The zero-order chi connectivity index (χ0) is 29.6. The number of hydrogen-bond acceptors (Lipinski definition) is 11. The van der Waals surface area contributed by atoms with Crippen molar-refractivity contribution in [1.82, 2.24) is 0 Å². The Labute approximate surface area is 234 Å². The molecule has 3 heterocycles. The van der Waals surface area contributed by atoms with E-state index in [2.05, 4.69) is 4.74 Å². The van der Waals surface area contributed by atoms with E-state index in [0.717, 1.165) is 12.8 Å². The first-order valence-corrected chi connectivity index (χ1v) is 15.4. The molecule has 0 aromatic heterocycles. The Hall–Kier alpha value is -2.39. The van der Waals surface area contributed by atoms with Crippen LogP contribution in [0.5, 0.6) is 0 Å². The fourth-order valence-corrected chi connectivity index (χ4v) is 8.80. The third-order valence-electron chi connectivity index (χ3n) is 10.1. The molecule has 0 radical (unpaired) electrons. The molecule has 11 atom stereocenters. The molecule has 3 aliphatic heterocycles. The number of hydrogen-bond donors (Lipinski definition) is 1. The molecule has 1 N–H and O–H groups in total. The molecule has 3 aliphatic carbocycles. The van der Waals surface area contributed by atoms with Gasteiger partial charge in [0.05, 0.1) is 12.8 Å². The first kappa shape index (κ1) is 28.7. The minimum Gasteiger partial charge on any atom is -0.459 e. The molecule has 0 aromatic carbocycles. The smallest absolute Gasteiger partial charge is 0.405 e. The van der Waals surface area contributed by atoms with Gasteiger partial charge < -0.3 is 23.7 Å². The van der Waals surface area contributed by atoms with E-state index in [1.807, 2.05) is 6.92 Å². The second kappa shape index (κ2) is 9.56. The highest BCUT2D eigenvalue weighted by atomic mass is 32.2. The molecular formula is C26H32F2O12S. The van der Waals surface area contributed by atoms with Gasteiger partial charge in [-0.25, -0.2) is 0 Å². The lowest BCUT2D eigenvalue weighted by molar-refractivity contribution is -0.172. The number of alkyl halides is 2. The molecule has 228 valence electrons. The van der Waals surface area contributed by atoms with Crippen LogP contribution in [-0.2, 0) is 53.0 Å². The molecule has 4 bridgehead atoms. The predicted octanol–water partition coefficient (Wildman–Crippen LogP) is 1.79. The average Bonchev–Trinajstić information content (AvgIpc) is 3.68. The molecule has 6 aliphatic rings. The van der Waals surface area contributed by atoms with Crippen LogP contribution in [0.3, 0.4) is 0 Å². The standard InChI is InChI=1S/C26H32F2O12S/c1-10(26(27,28)41(33,34)35)36-15(29)5-6-16(30)37-21-20-18(17-19(38-20)22(21)39-23(17)31)24(32)40-25(2)8-13-11-3-4-12(7-11)14(13)9-25/h10-14,17-22H,3-9H2,1-2H3,(H,33,34,35). The van der Waals surface area contributed by atoms with E-state index >= 15 is 0 Å². The quantitative estimate of drug-likeness (QED) is 0.230. The van der Waals surface area contributed by atoms with Crippen LogP contribution in [0, 0.1) is 35.5 Å². The number of ether oxygens (including phenoxy) is 5. The molecule has 41 heavy (non-hydrogen) atoms. The summed E-state index contributed by atoms with van der Waals surface area (Å²) < 4.78 is 84.5. The van der Waals surface area contributed by atoms with Gasteiger partial charge in [-0.15, -0.1) is 0 Å². The van der Waals surface area contributed by atoms with Crippen molar-refractivity contribution in [3.05, 3.63) is 0 Å². The van der Waals surface area contributed by atoms with Crippen LogP contribution in [0.1, 0.15) is 58.8 Å². The molecule has 6 rings (SSSR count). The van der Waals surface area contributed by atoms with Crippen LogP contribution in [-0.4, -0.2) is 78.2 Å². The number of halogens is 2. The maximum atomic E-state index is 13.6. The molecule has 0 aromatic rings. The third-order valence-corrected chi connectivity index (χ3v) is 11.1. The van der Waals surface area contributed by atoms with Crippen molar-refractivity contribution in [2.24, 2.45) is 35.5 Å². The van der Waals surface area contributed by atoms with Gasteiger partial charge in [-0.05, 0) is 69.6 Å². The Bertz CT molecular complexity index is 1250. The van der Waals surface area contributed by atoms with Gasteiger partial charge in [0.1, 0.15) is 29.6 Å². The summed E-state index contributed by atoms with van der Waals surface area (Å²) in [6.45, 7) is 2.50. The van der Waals surface area contributed by atoms with E-state index in [4.69, 9.17) is 23.5 Å². The highest BCUT2D eigenvalue weighted by Crippen LogP contribution is 2.62. The summed E-state index contributed by atoms with van der Waals surface area (Å²) in [5.74, 6) is -3.07. The van der Waals surface area contributed by atoms with Gasteiger partial charge in [0, 0.05) is 0 Å². The van der Waals surface area contributed by atoms with Gasteiger partial charge in [-0.3, -0.25) is 23.7 Å². The highest BCUT2D eigenvalue weighted by Gasteiger charge is 2.72. The number of fused-ring (bicyclic) bond motifs is 6. The molecule has 12 nitrogen and oxygen atoms in total. The highest BCUT2D eigenvalue weighted by molar-refractivity contribution is 7.86. The van der Waals surface area contributed by atoms with E-state index in [9.17, 15) is 36.4 Å². The Kier molecular flexibility index (Phi) is 6.70. The van der Waals surface area contributed by atoms with E-state index in [0.29, 0.717) is 30.6 Å². The first-order chi connectivity index (χ1) is 19.1. The number of rotatable bonds is 9. The number of esters is 4. The lowest BCUT2D eigenvalue weighted by Gasteiger charge is -2.32. The summed E-state index contributed by atoms with van der Waals surface area (Å²) in [4.78, 5) is 50.6. The lowest BCUT2D eigenvalue weighted by Crippen LogP contribution is -2.49. The summed E-state index contributed by atoms with van der Waals surface area (Å²) in [6, 6.07) is 0. The van der Waals surface area contributed by atoms with E-state index in [-0.39, 0.29) is 0 Å². The van der Waals surface area contributed by atoms with E-state index in [1.54, 1.807) is 0 Å².